The van der Waals surface area contributed by atoms with Gasteiger partial charge in [0.1, 0.15) is 0 Å². The number of non-ortho nitro benzene ring substituents is 1. The summed E-state index contributed by atoms with van der Waals surface area (Å²) in [6.07, 6.45) is 4.95. The van der Waals surface area contributed by atoms with Crippen molar-refractivity contribution in [3.05, 3.63) is 46.5 Å². The molecule has 0 N–H and O–H groups in total. The highest BCUT2D eigenvalue weighted by Crippen LogP contribution is 2.39. The van der Waals surface area contributed by atoms with Crippen LogP contribution >= 0.6 is 11.8 Å². The Morgan fingerprint density at radius 3 is 2.48 bits per heavy atom. The third-order valence-corrected chi connectivity index (χ3v) is 7.12. The molecule has 2 aliphatic rings. The van der Waals surface area contributed by atoms with E-state index in [-0.39, 0.29) is 28.4 Å². The van der Waals surface area contributed by atoms with Crippen LogP contribution in [0.1, 0.15) is 53.4 Å². The Hall–Kier alpha value is -2.12. The Bertz CT molecular complexity index is 995. The highest BCUT2D eigenvalue weighted by Gasteiger charge is 2.40. The number of fused-ring (bicyclic) bond motifs is 1. The first-order valence-electron chi connectivity index (χ1n) is 11.1. The van der Waals surface area contributed by atoms with Crippen molar-refractivity contribution < 1.29 is 9.66 Å². The van der Waals surface area contributed by atoms with Crippen LogP contribution < -0.4 is 0 Å². The van der Waals surface area contributed by atoms with Crippen molar-refractivity contribution in [2.75, 3.05) is 5.75 Å². The number of amidine groups is 1. The number of ether oxygens (including phenoxy) is 1. The van der Waals surface area contributed by atoms with Gasteiger partial charge < -0.3 is 9.64 Å². The Morgan fingerprint density at radius 2 is 1.84 bits per heavy atom. The molecule has 6 nitrogen and oxygen atoms in total. The number of nitro groups is 1. The van der Waals surface area contributed by atoms with Crippen LogP contribution in [-0.4, -0.2) is 44.5 Å². The van der Waals surface area contributed by atoms with Crippen LogP contribution in [0.25, 0.3) is 10.8 Å². The Labute approximate surface area is 188 Å². The molecule has 31 heavy (non-hydrogen) atoms. The number of hydrogen-bond donors (Lipinski definition) is 0. The first-order chi connectivity index (χ1) is 14.7. The minimum absolute atomic E-state index is 0.0920. The van der Waals surface area contributed by atoms with Crippen LogP contribution in [0.15, 0.2) is 41.4 Å². The average molecular weight is 442 g/mol. The Morgan fingerprint density at radius 1 is 1.16 bits per heavy atom. The van der Waals surface area contributed by atoms with Gasteiger partial charge in [-0.2, -0.15) is 0 Å². The van der Waals surface area contributed by atoms with E-state index in [9.17, 15) is 10.1 Å². The van der Waals surface area contributed by atoms with E-state index < -0.39 is 0 Å². The lowest BCUT2D eigenvalue weighted by Crippen LogP contribution is -2.48. The molecule has 1 saturated heterocycles. The maximum Gasteiger partial charge on any atom is 0.277 e. The summed E-state index contributed by atoms with van der Waals surface area (Å²) in [4.78, 5) is 18.7. The molecule has 0 spiro atoms. The molecule has 7 heteroatoms. The third-order valence-electron chi connectivity index (χ3n) is 6.05. The zero-order valence-electron chi connectivity index (χ0n) is 18.7. The summed E-state index contributed by atoms with van der Waals surface area (Å²) >= 11 is 1.78. The Balaban J connectivity index is 1.73. The van der Waals surface area contributed by atoms with Gasteiger partial charge in [0.2, 0.25) is 0 Å². The van der Waals surface area contributed by atoms with Crippen molar-refractivity contribution in [2.24, 2.45) is 4.99 Å². The molecule has 2 aromatic rings. The van der Waals surface area contributed by atoms with Crippen LogP contribution in [0.5, 0.6) is 0 Å². The van der Waals surface area contributed by atoms with E-state index in [1.165, 1.54) is 25.7 Å². The molecule has 2 atom stereocenters. The quantitative estimate of drug-likeness (QED) is 0.402. The molecule has 0 bridgehead atoms. The van der Waals surface area contributed by atoms with Crippen molar-refractivity contribution in [1.29, 1.82) is 0 Å². The number of thioether (sulfide) groups is 1. The lowest BCUT2D eigenvalue weighted by molar-refractivity contribution is -0.383. The number of nitrogens with zero attached hydrogens (tertiary/aromatic N) is 3. The molecule has 0 amide bonds. The molecule has 0 aromatic heterocycles. The molecule has 0 unspecified atom stereocenters. The summed E-state index contributed by atoms with van der Waals surface area (Å²) in [6, 6.07) is 11.6. The van der Waals surface area contributed by atoms with Gasteiger partial charge in [0, 0.05) is 23.2 Å². The van der Waals surface area contributed by atoms with Crippen LogP contribution in [-0.2, 0) is 4.74 Å². The van der Waals surface area contributed by atoms with Crippen LogP contribution in [0, 0.1) is 10.1 Å². The second-order valence-electron chi connectivity index (χ2n) is 9.46. The second-order valence-corrected chi connectivity index (χ2v) is 10.4. The van der Waals surface area contributed by atoms with E-state index in [4.69, 9.17) is 9.73 Å². The fourth-order valence-corrected chi connectivity index (χ4v) is 6.13. The molecule has 2 fully saturated rings. The molecule has 166 valence electrons. The molecule has 1 aliphatic heterocycles. The highest BCUT2D eigenvalue weighted by atomic mass is 32.2. The van der Waals surface area contributed by atoms with E-state index in [2.05, 4.69) is 32.6 Å². The first-order valence-corrected chi connectivity index (χ1v) is 12.1. The normalized spacial score (nSPS) is 22.5. The summed E-state index contributed by atoms with van der Waals surface area (Å²) in [6.45, 7) is 8.47. The maximum atomic E-state index is 11.5. The zero-order chi connectivity index (χ0) is 22.2. The van der Waals surface area contributed by atoms with Crippen molar-refractivity contribution in [1.82, 2.24) is 4.90 Å². The predicted octanol–water partition coefficient (Wildman–Crippen LogP) is 6.30. The summed E-state index contributed by atoms with van der Waals surface area (Å²) in [5.41, 5.74) is 0.716. The molecule has 2 aromatic carbocycles. The minimum Gasteiger partial charge on any atom is -0.371 e. The largest absolute Gasteiger partial charge is 0.371 e. The first kappa shape index (κ1) is 22.1. The second kappa shape index (κ2) is 8.79. The van der Waals surface area contributed by atoms with E-state index in [1.54, 1.807) is 30.0 Å². The van der Waals surface area contributed by atoms with E-state index in [0.717, 1.165) is 22.0 Å². The van der Waals surface area contributed by atoms with E-state index in [0.29, 0.717) is 11.4 Å². The minimum atomic E-state index is -0.323. The SMILES string of the molecule is C[C@@H](OC(C)(C)C)[C@@H]1CS/C(=N\c2ccc([N+](=O)[O-])c3ccccc23)N1C1CCCC1. The number of nitro benzene ring substituents is 1. The lowest BCUT2D eigenvalue weighted by Gasteiger charge is -2.37. The maximum absolute atomic E-state index is 11.5. The molecular formula is C24H31N3O3S. The van der Waals surface area contributed by atoms with Gasteiger partial charge in [0.25, 0.3) is 5.69 Å². The average Bonchev–Trinajstić information content (AvgIpc) is 3.36. The smallest absolute Gasteiger partial charge is 0.277 e. The molecule has 1 heterocycles. The van der Waals surface area contributed by atoms with Gasteiger partial charge in [-0.3, -0.25) is 10.1 Å². The fourth-order valence-electron chi connectivity index (χ4n) is 4.78. The fraction of sp³-hybridized carbons (Fsp3) is 0.542. The van der Waals surface area contributed by atoms with Crippen LogP contribution in [0.4, 0.5) is 11.4 Å². The zero-order valence-corrected chi connectivity index (χ0v) is 19.5. The number of aliphatic imine (C=N–C) groups is 1. The molecule has 4 rings (SSSR count). The highest BCUT2D eigenvalue weighted by molar-refractivity contribution is 8.14. The molecule has 0 radical (unpaired) electrons. The van der Waals surface area contributed by atoms with Gasteiger partial charge >= 0.3 is 0 Å². The van der Waals surface area contributed by atoms with Crippen LogP contribution in [0.2, 0.25) is 0 Å². The summed E-state index contributed by atoms with van der Waals surface area (Å²) < 4.78 is 6.34. The van der Waals surface area contributed by atoms with Gasteiger partial charge in [-0.25, -0.2) is 4.99 Å². The molecule has 1 aliphatic carbocycles. The lowest BCUT2D eigenvalue weighted by atomic mass is 10.1. The summed E-state index contributed by atoms with van der Waals surface area (Å²) in [5, 5.41) is 13.9. The Kier molecular flexibility index (Phi) is 6.26. The van der Waals surface area contributed by atoms with E-state index in [1.807, 2.05) is 18.2 Å². The van der Waals surface area contributed by atoms with Gasteiger partial charge in [-0.05, 0) is 52.7 Å². The van der Waals surface area contributed by atoms with Gasteiger partial charge in [0.15, 0.2) is 5.17 Å². The van der Waals surface area contributed by atoms with Gasteiger partial charge in [-0.15, -0.1) is 0 Å². The number of benzene rings is 2. The predicted molar refractivity (Wildman–Crippen MR) is 128 cm³/mol. The molecule has 1 saturated carbocycles. The topological polar surface area (TPSA) is 68.0 Å². The standard InChI is InChI=1S/C24H31N3O3S/c1-16(30-24(2,3)4)22-15-31-23(26(22)17-9-5-6-10-17)25-20-13-14-21(27(28)29)19-12-8-7-11-18(19)20/h7-8,11-14,16-17,22H,5-6,9-10,15H2,1-4H3/b25-23-/t16-,22+/m1/s1. The van der Waals surface area contributed by atoms with Crippen molar-refractivity contribution in [2.45, 2.75) is 77.2 Å². The van der Waals surface area contributed by atoms with Crippen molar-refractivity contribution >= 4 is 39.1 Å². The van der Waals surface area contributed by atoms with Crippen LogP contribution in [0.3, 0.4) is 0 Å². The van der Waals surface area contributed by atoms with Gasteiger partial charge in [0.05, 0.1) is 33.7 Å². The van der Waals surface area contributed by atoms with Crippen molar-refractivity contribution in [3.8, 4) is 0 Å². The summed E-state index contributed by atoms with van der Waals surface area (Å²) in [5.74, 6) is 0.942. The monoisotopic (exact) mass is 441 g/mol. The molecular weight excluding hydrogens is 410 g/mol. The number of hydrogen-bond acceptors (Lipinski definition) is 5. The van der Waals surface area contributed by atoms with Crippen molar-refractivity contribution in [3.63, 3.8) is 0 Å². The summed E-state index contributed by atoms with van der Waals surface area (Å²) in [7, 11) is 0. The number of rotatable bonds is 5. The van der Waals surface area contributed by atoms with E-state index >= 15 is 0 Å². The third kappa shape index (κ3) is 4.72. The van der Waals surface area contributed by atoms with Gasteiger partial charge in [-0.1, -0.05) is 42.8 Å².